The van der Waals surface area contributed by atoms with E-state index in [2.05, 4.69) is 50.9 Å². The van der Waals surface area contributed by atoms with Crippen LogP contribution in [0.4, 0.5) is 11.8 Å². The summed E-state index contributed by atoms with van der Waals surface area (Å²) >= 11 is 0. The van der Waals surface area contributed by atoms with Gasteiger partial charge in [-0.1, -0.05) is 43.2 Å². The second kappa shape index (κ2) is 7.95. The molecule has 1 aliphatic carbocycles. The van der Waals surface area contributed by atoms with Gasteiger partial charge in [-0.15, -0.1) is 0 Å². The molecule has 0 amide bonds. The molecule has 1 heterocycles. The molecular weight excluding hydrogens is 284 g/mol. The molecule has 1 aromatic heterocycles. The summed E-state index contributed by atoms with van der Waals surface area (Å²) in [6.45, 7) is 2.95. The van der Waals surface area contributed by atoms with Gasteiger partial charge in [0.1, 0.15) is 5.82 Å². The average Bonchev–Trinajstić information content (AvgIpc) is 3.05. The maximum absolute atomic E-state index is 4.61. The molecule has 1 saturated carbocycles. The zero-order chi connectivity index (χ0) is 15.9. The van der Waals surface area contributed by atoms with E-state index in [1.54, 1.807) is 0 Å². The summed E-state index contributed by atoms with van der Waals surface area (Å²) in [4.78, 5) is 9.12. The number of aryl methyl sites for hydroxylation is 2. The Morgan fingerprint density at radius 2 is 1.87 bits per heavy atom. The first-order valence-corrected chi connectivity index (χ1v) is 8.69. The van der Waals surface area contributed by atoms with Crippen LogP contribution >= 0.6 is 0 Å². The summed E-state index contributed by atoms with van der Waals surface area (Å²) in [5.41, 5.74) is 2.39. The highest BCUT2D eigenvalue weighted by atomic mass is 15.2. The van der Waals surface area contributed by atoms with E-state index in [4.69, 9.17) is 0 Å². The Kier molecular flexibility index (Phi) is 5.46. The Hall–Kier alpha value is -2.10. The highest BCUT2D eigenvalue weighted by Gasteiger charge is 2.15. The molecule has 0 atom stereocenters. The predicted octanol–water partition coefficient (Wildman–Crippen LogP) is 4.18. The zero-order valence-corrected chi connectivity index (χ0v) is 13.9. The van der Waals surface area contributed by atoms with Gasteiger partial charge in [0.2, 0.25) is 5.95 Å². The van der Waals surface area contributed by atoms with E-state index in [0.717, 1.165) is 36.8 Å². The van der Waals surface area contributed by atoms with Crippen LogP contribution in [0.2, 0.25) is 0 Å². The summed E-state index contributed by atoms with van der Waals surface area (Å²) in [6, 6.07) is 13.2. The van der Waals surface area contributed by atoms with Gasteiger partial charge in [-0.05, 0) is 38.2 Å². The molecule has 0 unspecified atom stereocenters. The third-order valence-electron chi connectivity index (χ3n) is 4.33. The average molecular weight is 310 g/mol. The third kappa shape index (κ3) is 4.95. The van der Waals surface area contributed by atoms with Crippen molar-refractivity contribution in [2.75, 3.05) is 17.2 Å². The molecule has 0 aliphatic heterocycles. The maximum atomic E-state index is 4.61. The molecule has 0 spiro atoms. The number of rotatable bonds is 7. The molecule has 1 aliphatic rings. The van der Waals surface area contributed by atoms with Gasteiger partial charge >= 0.3 is 0 Å². The predicted molar refractivity (Wildman–Crippen MR) is 95.9 cm³/mol. The number of nitrogens with zero attached hydrogens (tertiary/aromatic N) is 2. The SMILES string of the molecule is Cc1cc(NCCCc2ccccc2)nc(NC2CCCC2)n1. The van der Waals surface area contributed by atoms with Crippen LogP contribution in [0.25, 0.3) is 0 Å². The van der Waals surface area contributed by atoms with Gasteiger partial charge in [-0.25, -0.2) is 4.98 Å². The van der Waals surface area contributed by atoms with Crippen LogP contribution in [0.5, 0.6) is 0 Å². The topological polar surface area (TPSA) is 49.8 Å². The van der Waals surface area contributed by atoms with Gasteiger partial charge in [-0.2, -0.15) is 4.98 Å². The lowest BCUT2D eigenvalue weighted by molar-refractivity contribution is 0.743. The van der Waals surface area contributed by atoms with E-state index in [1.165, 1.54) is 31.2 Å². The second-order valence-corrected chi connectivity index (χ2v) is 6.36. The van der Waals surface area contributed by atoms with Crippen LogP contribution in [0.3, 0.4) is 0 Å². The fourth-order valence-corrected chi connectivity index (χ4v) is 3.13. The minimum Gasteiger partial charge on any atom is -0.370 e. The quantitative estimate of drug-likeness (QED) is 0.753. The molecule has 122 valence electrons. The molecule has 0 saturated heterocycles. The highest BCUT2D eigenvalue weighted by Crippen LogP contribution is 2.21. The van der Waals surface area contributed by atoms with Crippen LogP contribution < -0.4 is 10.6 Å². The molecule has 3 rings (SSSR count). The molecule has 0 bridgehead atoms. The number of hydrogen-bond donors (Lipinski definition) is 2. The Labute approximate surface area is 138 Å². The smallest absolute Gasteiger partial charge is 0.225 e. The van der Waals surface area contributed by atoms with Gasteiger partial charge in [0, 0.05) is 24.3 Å². The first kappa shape index (κ1) is 15.8. The molecule has 1 aromatic carbocycles. The van der Waals surface area contributed by atoms with Crippen molar-refractivity contribution >= 4 is 11.8 Å². The van der Waals surface area contributed by atoms with Gasteiger partial charge < -0.3 is 10.6 Å². The first-order valence-electron chi connectivity index (χ1n) is 8.69. The molecular formula is C19H26N4. The fraction of sp³-hybridized carbons (Fsp3) is 0.474. The maximum Gasteiger partial charge on any atom is 0.225 e. The highest BCUT2D eigenvalue weighted by molar-refractivity contribution is 5.42. The van der Waals surface area contributed by atoms with Crippen molar-refractivity contribution in [3.63, 3.8) is 0 Å². The molecule has 2 N–H and O–H groups in total. The van der Waals surface area contributed by atoms with Crippen molar-refractivity contribution in [1.82, 2.24) is 9.97 Å². The largest absolute Gasteiger partial charge is 0.370 e. The van der Waals surface area contributed by atoms with E-state index < -0.39 is 0 Å². The van der Waals surface area contributed by atoms with Crippen molar-refractivity contribution < 1.29 is 0 Å². The van der Waals surface area contributed by atoms with Crippen LogP contribution in [-0.2, 0) is 6.42 Å². The van der Waals surface area contributed by atoms with E-state index in [0.29, 0.717) is 6.04 Å². The summed E-state index contributed by atoms with van der Waals surface area (Å²) in [7, 11) is 0. The van der Waals surface area contributed by atoms with E-state index in [9.17, 15) is 0 Å². The van der Waals surface area contributed by atoms with Gasteiger partial charge in [-0.3, -0.25) is 0 Å². The monoisotopic (exact) mass is 310 g/mol. The summed E-state index contributed by atoms with van der Waals surface area (Å²) in [5.74, 6) is 1.69. The van der Waals surface area contributed by atoms with Crippen molar-refractivity contribution in [3.05, 3.63) is 47.7 Å². The number of nitrogens with one attached hydrogen (secondary N) is 2. The van der Waals surface area contributed by atoms with Gasteiger partial charge in [0.15, 0.2) is 0 Å². The van der Waals surface area contributed by atoms with Crippen LogP contribution in [0.15, 0.2) is 36.4 Å². The van der Waals surface area contributed by atoms with Crippen molar-refractivity contribution in [1.29, 1.82) is 0 Å². The number of anilines is 2. The second-order valence-electron chi connectivity index (χ2n) is 6.36. The summed E-state index contributed by atoms with van der Waals surface area (Å²) < 4.78 is 0. The third-order valence-corrected chi connectivity index (χ3v) is 4.33. The lowest BCUT2D eigenvalue weighted by Crippen LogP contribution is -2.17. The Morgan fingerprint density at radius 3 is 2.65 bits per heavy atom. The Morgan fingerprint density at radius 1 is 1.09 bits per heavy atom. The number of hydrogen-bond acceptors (Lipinski definition) is 4. The molecule has 1 fully saturated rings. The lowest BCUT2D eigenvalue weighted by atomic mass is 10.1. The standard InChI is InChI=1S/C19H26N4/c1-15-14-18(20-13-7-10-16-8-3-2-4-9-16)23-19(21-15)22-17-11-5-6-12-17/h2-4,8-9,14,17H,5-7,10-13H2,1H3,(H2,20,21,22,23). The zero-order valence-electron chi connectivity index (χ0n) is 13.9. The molecule has 4 nitrogen and oxygen atoms in total. The lowest BCUT2D eigenvalue weighted by Gasteiger charge is -2.14. The van der Waals surface area contributed by atoms with E-state index >= 15 is 0 Å². The normalized spacial score (nSPS) is 14.8. The van der Waals surface area contributed by atoms with Crippen LogP contribution in [0, 0.1) is 6.92 Å². The Balaban J connectivity index is 1.49. The van der Waals surface area contributed by atoms with Crippen molar-refractivity contribution in [2.24, 2.45) is 0 Å². The molecule has 2 aromatic rings. The molecule has 0 radical (unpaired) electrons. The minimum atomic E-state index is 0.544. The summed E-state index contributed by atoms with van der Waals surface area (Å²) in [6.07, 6.45) is 7.28. The molecule has 23 heavy (non-hydrogen) atoms. The van der Waals surface area contributed by atoms with Gasteiger partial charge in [0.25, 0.3) is 0 Å². The van der Waals surface area contributed by atoms with Crippen LogP contribution in [-0.4, -0.2) is 22.6 Å². The summed E-state index contributed by atoms with van der Waals surface area (Å²) in [5, 5.41) is 6.91. The van der Waals surface area contributed by atoms with Gasteiger partial charge in [0.05, 0.1) is 0 Å². The fourth-order valence-electron chi connectivity index (χ4n) is 3.13. The molecule has 4 heteroatoms. The van der Waals surface area contributed by atoms with Crippen molar-refractivity contribution in [2.45, 2.75) is 51.5 Å². The van der Waals surface area contributed by atoms with Crippen molar-refractivity contribution in [3.8, 4) is 0 Å². The first-order chi connectivity index (χ1) is 11.3. The minimum absolute atomic E-state index is 0.544. The van der Waals surface area contributed by atoms with E-state index in [-0.39, 0.29) is 0 Å². The number of aromatic nitrogens is 2. The Bertz CT molecular complexity index is 606. The van der Waals surface area contributed by atoms with E-state index in [1.807, 2.05) is 13.0 Å². The van der Waals surface area contributed by atoms with Crippen LogP contribution in [0.1, 0.15) is 43.4 Å². The number of benzene rings is 1.